The molecule has 1 aromatic carbocycles. The summed E-state index contributed by atoms with van der Waals surface area (Å²) in [5.41, 5.74) is 1.75. The van der Waals surface area contributed by atoms with E-state index < -0.39 is 15.8 Å². The Balaban J connectivity index is 2.26. The molecule has 0 aliphatic carbocycles. The molecule has 0 unspecified atom stereocenters. The lowest BCUT2D eigenvalue weighted by molar-refractivity contribution is -0.118. The summed E-state index contributed by atoms with van der Waals surface area (Å²) >= 11 is 6.04. The molecule has 0 amide bonds. The van der Waals surface area contributed by atoms with Gasteiger partial charge in [0.25, 0.3) is 0 Å². The third kappa shape index (κ3) is 3.94. The highest BCUT2D eigenvalue weighted by Crippen LogP contribution is 2.32. The lowest BCUT2D eigenvalue weighted by Gasteiger charge is -2.10. The van der Waals surface area contributed by atoms with Gasteiger partial charge in [0, 0.05) is 35.7 Å². The monoisotopic (exact) mass is 423 g/mol. The van der Waals surface area contributed by atoms with Crippen molar-refractivity contribution in [3.63, 3.8) is 0 Å². The molecular weight excluding hydrogens is 405 g/mol. The van der Waals surface area contributed by atoms with Crippen LogP contribution in [0.3, 0.4) is 0 Å². The van der Waals surface area contributed by atoms with Gasteiger partial charge in [-0.15, -0.1) is 0 Å². The molecule has 0 aliphatic heterocycles. The zero-order valence-electron chi connectivity index (χ0n) is 15.4. The Morgan fingerprint density at radius 2 is 2.04 bits per heavy atom. The molecule has 0 saturated carbocycles. The number of carbonyl (C=O) groups excluding carboxylic acids is 1. The fraction of sp³-hybridized carbons (Fsp3) is 0.263. The predicted molar refractivity (Wildman–Crippen MR) is 105 cm³/mol. The maximum atomic E-state index is 14.9. The van der Waals surface area contributed by atoms with Gasteiger partial charge in [-0.1, -0.05) is 18.5 Å². The topological polar surface area (TPSA) is 94.5 Å². The summed E-state index contributed by atoms with van der Waals surface area (Å²) in [6.45, 7) is 3.48. The standard InChI is InChI=1S/C19H19ClFN3O3S/c1-3-4-13(25)9-16-19(23-17-8-12(20)5-6-24(16)17)18-11(2)7-14(10-15(18)21)28(22,26)27/h5-8,10H,3-4,9H2,1-2H3,(H2,22,26,27). The lowest BCUT2D eigenvalue weighted by atomic mass is 10.0. The highest BCUT2D eigenvalue weighted by molar-refractivity contribution is 7.89. The predicted octanol–water partition coefficient (Wildman–Crippen LogP) is 3.66. The number of Topliss-reactive ketones (excluding diaryl/α,β-unsaturated/α-hetero) is 1. The lowest BCUT2D eigenvalue weighted by Crippen LogP contribution is -2.13. The molecule has 28 heavy (non-hydrogen) atoms. The second-order valence-electron chi connectivity index (χ2n) is 6.59. The van der Waals surface area contributed by atoms with Crippen LogP contribution < -0.4 is 5.14 Å². The number of ketones is 1. The van der Waals surface area contributed by atoms with Gasteiger partial charge in [0.15, 0.2) is 0 Å². The minimum atomic E-state index is -4.05. The summed E-state index contributed by atoms with van der Waals surface area (Å²) in [7, 11) is -4.05. The van der Waals surface area contributed by atoms with Crippen LogP contribution in [0.25, 0.3) is 16.9 Å². The Labute approximate surface area is 167 Å². The third-order valence-electron chi connectivity index (χ3n) is 4.41. The molecule has 0 atom stereocenters. The van der Waals surface area contributed by atoms with Gasteiger partial charge in [-0.25, -0.2) is 22.9 Å². The second-order valence-corrected chi connectivity index (χ2v) is 8.59. The number of aromatic nitrogens is 2. The number of hydrogen-bond donors (Lipinski definition) is 1. The van der Waals surface area contributed by atoms with E-state index in [0.717, 1.165) is 6.07 Å². The molecule has 0 fully saturated rings. The van der Waals surface area contributed by atoms with Gasteiger partial charge in [0.05, 0.1) is 16.3 Å². The van der Waals surface area contributed by atoms with Gasteiger partial charge >= 0.3 is 0 Å². The van der Waals surface area contributed by atoms with Crippen molar-refractivity contribution >= 4 is 33.1 Å². The normalized spacial score (nSPS) is 11.9. The number of benzene rings is 1. The molecule has 0 spiro atoms. The van der Waals surface area contributed by atoms with E-state index in [4.69, 9.17) is 16.7 Å². The van der Waals surface area contributed by atoms with Gasteiger partial charge in [-0.2, -0.15) is 0 Å². The van der Waals surface area contributed by atoms with E-state index in [0.29, 0.717) is 34.8 Å². The first-order valence-corrected chi connectivity index (χ1v) is 10.6. The molecule has 0 radical (unpaired) electrons. The molecule has 3 rings (SSSR count). The number of fused-ring (bicyclic) bond motifs is 1. The van der Waals surface area contributed by atoms with Crippen molar-refractivity contribution in [2.24, 2.45) is 5.14 Å². The van der Waals surface area contributed by atoms with Crippen LogP contribution in [0.1, 0.15) is 31.0 Å². The Bertz CT molecular complexity index is 1170. The van der Waals surface area contributed by atoms with Crippen molar-refractivity contribution in [3.05, 3.63) is 52.6 Å². The largest absolute Gasteiger partial charge is 0.303 e. The summed E-state index contributed by atoms with van der Waals surface area (Å²) in [5.74, 6) is -0.776. The highest BCUT2D eigenvalue weighted by Gasteiger charge is 2.23. The van der Waals surface area contributed by atoms with E-state index in [-0.39, 0.29) is 28.4 Å². The van der Waals surface area contributed by atoms with Gasteiger partial charge in [0.1, 0.15) is 17.2 Å². The molecule has 2 heterocycles. The number of hydrogen-bond acceptors (Lipinski definition) is 4. The van der Waals surface area contributed by atoms with E-state index in [1.807, 2.05) is 6.92 Å². The van der Waals surface area contributed by atoms with Crippen LogP contribution in [0.4, 0.5) is 4.39 Å². The molecule has 2 N–H and O–H groups in total. The van der Waals surface area contributed by atoms with Crippen LogP contribution in [-0.4, -0.2) is 23.6 Å². The van der Waals surface area contributed by atoms with Crippen LogP contribution in [0.15, 0.2) is 35.4 Å². The Morgan fingerprint density at radius 3 is 2.64 bits per heavy atom. The number of carbonyl (C=O) groups is 1. The van der Waals surface area contributed by atoms with Crippen molar-refractivity contribution in [2.45, 2.75) is 38.0 Å². The molecule has 2 aromatic heterocycles. The van der Waals surface area contributed by atoms with E-state index in [1.54, 1.807) is 29.7 Å². The molecule has 0 aliphatic rings. The second kappa shape index (κ2) is 7.62. The summed E-state index contributed by atoms with van der Waals surface area (Å²) in [6.07, 6.45) is 2.84. The summed E-state index contributed by atoms with van der Waals surface area (Å²) in [5, 5.41) is 5.57. The number of sulfonamides is 1. The van der Waals surface area contributed by atoms with Crippen LogP contribution in [0.2, 0.25) is 5.02 Å². The van der Waals surface area contributed by atoms with Crippen LogP contribution in [0, 0.1) is 12.7 Å². The SMILES string of the molecule is CCCC(=O)Cc1c(-c2c(C)cc(S(N)(=O)=O)cc2F)nc2cc(Cl)ccn12. The van der Waals surface area contributed by atoms with Gasteiger partial charge in [-0.3, -0.25) is 4.79 Å². The summed E-state index contributed by atoms with van der Waals surface area (Å²) < 4.78 is 39.8. The smallest absolute Gasteiger partial charge is 0.238 e. The molecule has 9 heteroatoms. The average molecular weight is 424 g/mol. The molecular formula is C19H19ClFN3O3S. The Hall–Kier alpha value is -2.29. The molecule has 0 saturated heterocycles. The number of pyridine rings is 1. The van der Waals surface area contributed by atoms with Crippen molar-refractivity contribution in [1.29, 1.82) is 0 Å². The molecule has 6 nitrogen and oxygen atoms in total. The van der Waals surface area contributed by atoms with E-state index >= 15 is 0 Å². The zero-order valence-corrected chi connectivity index (χ0v) is 16.9. The number of imidazole rings is 1. The number of rotatable bonds is 6. The minimum absolute atomic E-state index is 0.000262. The Kier molecular flexibility index (Phi) is 5.56. The highest BCUT2D eigenvalue weighted by atomic mass is 35.5. The maximum absolute atomic E-state index is 14.9. The molecule has 0 bridgehead atoms. The summed E-state index contributed by atoms with van der Waals surface area (Å²) in [4.78, 5) is 16.5. The summed E-state index contributed by atoms with van der Waals surface area (Å²) in [6, 6.07) is 5.43. The van der Waals surface area contributed by atoms with E-state index in [9.17, 15) is 17.6 Å². The zero-order chi connectivity index (χ0) is 20.6. The van der Waals surface area contributed by atoms with Crippen LogP contribution in [-0.2, 0) is 21.2 Å². The van der Waals surface area contributed by atoms with E-state index in [2.05, 4.69) is 4.98 Å². The number of aryl methyl sites for hydroxylation is 1. The van der Waals surface area contributed by atoms with Crippen molar-refractivity contribution < 1.29 is 17.6 Å². The Morgan fingerprint density at radius 1 is 1.32 bits per heavy atom. The quantitative estimate of drug-likeness (QED) is 0.654. The van der Waals surface area contributed by atoms with Crippen LogP contribution >= 0.6 is 11.6 Å². The number of nitrogens with two attached hydrogens (primary N) is 1. The average Bonchev–Trinajstić information content (AvgIpc) is 2.90. The molecule has 3 aromatic rings. The fourth-order valence-electron chi connectivity index (χ4n) is 3.17. The van der Waals surface area contributed by atoms with Crippen molar-refractivity contribution in [2.75, 3.05) is 0 Å². The van der Waals surface area contributed by atoms with Gasteiger partial charge in [-0.05, 0) is 37.1 Å². The number of primary sulfonamides is 1. The third-order valence-corrected chi connectivity index (χ3v) is 5.53. The van der Waals surface area contributed by atoms with E-state index in [1.165, 1.54) is 6.07 Å². The first kappa shape index (κ1) is 20.4. The minimum Gasteiger partial charge on any atom is -0.303 e. The fourth-order valence-corrected chi connectivity index (χ4v) is 3.93. The first-order chi connectivity index (χ1) is 13.1. The van der Waals surface area contributed by atoms with Crippen LogP contribution in [0.5, 0.6) is 0 Å². The number of halogens is 2. The molecule has 148 valence electrons. The van der Waals surface area contributed by atoms with Crippen molar-refractivity contribution in [1.82, 2.24) is 9.38 Å². The number of nitrogens with zero attached hydrogens (tertiary/aromatic N) is 2. The van der Waals surface area contributed by atoms with Gasteiger partial charge < -0.3 is 4.40 Å². The maximum Gasteiger partial charge on any atom is 0.238 e. The van der Waals surface area contributed by atoms with Crippen molar-refractivity contribution in [3.8, 4) is 11.3 Å². The first-order valence-electron chi connectivity index (χ1n) is 8.63. The van der Waals surface area contributed by atoms with Gasteiger partial charge in [0.2, 0.25) is 10.0 Å².